The molecule has 0 aliphatic carbocycles. The highest BCUT2D eigenvalue weighted by Crippen LogP contribution is 2.30. The Bertz CT molecular complexity index is 640. The van der Waals surface area contributed by atoms with Crippen LogP contribution in [0.3, 0.4) is 0 Å². The summed E-state index contributed by atoms with van der Waals surface area (Å²) in [6.45, 7) is 1.19. The highest BCUT2D eigenvalue weighted by Gasteiger charge is 2.17. The third-order valence-electron chi connectivity index (χ3n) is 2.42. The van der Waals surface area contributed by atoms with E-state index in [9.17, 15) is 14.4 Å². The maximum atomic E-state index is 11.4. The van der Waals surface area contributed by atoms with Crippen LogP contribution in [0.2, 0.25) is 10.0 Å². The van der Waals surface area contributed by atoms with Crippen molar-refractivity contribution in [1.29, 1.82) is 0 Å². The Morgan fingerprint density at radius 3 is 2.38 bits per heavy atom. The Hall–Kier alpha value is -2.05. The standard InChI is InChI=1S/C13H11Cl2NO5/c1-6(17)9(13(20)21-2)5-16-10-4-7(14)3-8(11(10)15)12(18)19/h3-5,16H,1-2H3,(H,18,19). The van der Waals surface area contributed by atoms with Crippen LogP contribution >= 0.6 is 23.2 Å². The summed E-state index contributed by atoms with van der Waals surface area (Å²) in [7, 11) is 1.13. The Labute approximate surface area is 130 Å². The molecule has 0 aliphatic heterocycles. The number of esters is 1. The molecule has 0 bridgehead atoms. The van der Waals surface area contributed by atoms with Crippen molar-refractivity contribution >= 4 is 46.6 Å². The summed E-state index contributed by atoms with van der Waals surface area (Å²) in [5.74, 6) is -2.60. The molecule has 0 heterocycles. The van der Waals surface area contributed by atoms with Gasteiger partial charge in [0.15, 0.2) is 5.78 Å². The van der Waals surface area contributed by atoms with Crippen LogP contribution in [0.1, 0.15) is 17.3 Å². The maximum Gasteiger partial charge on any atom is 0.342 e. The van der Waals surface area contributed by atoms with Crippen LogP contribution in [0.15, 0.2) is 23.9 Å². The molecule has 0 amide bonds. The summed E-state index contributed by atoms with van der Waals surface area (Å²) in [6, 6.07) is 2.55. The van der Waals surface area contributed by atoms with Gasteiger partial charge in [-0.1, -0.05) is 23.2 Å². The molecule has 2 N–H and O–H groups in total. The van der Waals surface area contributed by atoms with Gasteiger partial charge in [-0.2, -0.15) is 0 Å². The van der Waals surface area contributed by atoms with Crippen LogP contribution in [0.5, 0.6) is 0 Å². The number of carbonyl (C=O) groups is 3. The average Bonchev–Trinajstić information content (AvgIpc) is 2.41. The third kappa shape index (κ3) is 4.21. The van der Waals surface area contributed by atoms with Gasteiger partial charge in [-0.15, -0.1) is 0 Å². The number of ketones is 1. The van der Waals surface area contributed by atoms with Gasteiger partial charge < -0.3 is 15.2 Å². The van der Waals surface area contributed by atoms with E-state index in [1.165, 1.54) is 19.1 Å². The van der Waals surface area contributed by atoms with Crippen molar-refractivity contribution in [3.05, 3.63) is 39.5 Å². The van der Waals surface area contributed by atoms with Crippen molar-refractivity contribution < 1.29 is 24.2 Å². The fraction of sp³-hybridized carbons (Fsp3) is 0.154. The van der Waals surface area contributed by atoms with Gasteiger partial charge >= 0.3 is 11.9 Å². The van der Waals surface area contributed by atoms with E-state index in [4.69, 9.17) is 28.3 Å². The van der Waals surface area contributed by atoms with Crippen LogP contribution in [-0.4, -0.2) is 29.9 Å². The molecule has 6 nitrogen and oxygen atoms in total. The average molecular weight is 332 g/mol. The molecule has 0 aliphatic rings. The van der Waals surface area contributed by atoms with Crippen molar-refractivity contribution in [3.63, 3.8) is 0 Å². The summed E-state index contributed by atoms with van der Waals surface area (Å²) in [5.41, 5.74) is -0.308. The van der Waals surface area contributed by atoms with Crippen LogP contribution in [-0.2, 0) is 14.3 Å². The first-order valence-corrected chi connectivity index (χ1v) is 6.31. The van der Waals surface area contributed by atoms with E-state index in [-0.39, 0.29) is 26.9 Å². The number of halogens is 2. The Morgan fingerprint density at radius 1 is 1.29 bits per heavy atom. The van der Waals surface area contributed by atoms with Crippen LogP contribution in [0.25, 0.3) is 0 Å². The van der Waals surface area contributed by atoms with E-state index in [2.05, 4.69) is 10.1 Å². The second kappa shape index (κ2) is 7.10. The fourth-order valence-corrected chi connectivity index (χ4v) is 1.88. The molecular formula is C13H11Cl2NO5. The fourth-order valence-electron chi connectivity index (χ4n) is 1.41. The Morgan fingerprint density at radius 2 is 1.90 bits per heavy atom. The summed E-state index contributed by atoms with van der Waals surface area (Å²) >= 11 is 11.7. The van der Waals surface area contributed by atoms with Crippen molar-refractivity contribution in [3.8, 4) is 0 Å². The number of methoxy groups -OCH3 is 1. The van der Waals surface area contributed by atoms with Gasteiger partial charge in [0.25, 0.3) is 0 Å². The SMILES string of the molecule is COC(=O)C(=CNc1cc(Cl)cc(C(=O)O)c1Cl)C(C)=O. The van der Waals surface area contributed by atoms with Crippen molar-refractivity contribution in [1.82, 2.24) is 0 Å². The van der Waals surface area contributed by atoms with Gasteiger partial charge in [0.05, 0.1) is 23.4 Å². The third-order valence-corrected chi connectivity index (χ3v) is 3.05. The number of hydrogen-bond donors (Lipinski definition) is 2. The first kappa shape index (κ1) is 17.0. The minimum Gasteiger partial charge on any atom is -0.478 e. The number of aromatic carboxylic acids is 1. The van der Waals surface area contributed by atoms with Crippen molar-refractivity contribution in [2.45, 2.75) is 6.92 Å². The Balaban J connectivity index is 3.21. The van der Waals surface area contributed by atoms with Crippen LogP contribution in [0.4, 0.5) is 5.69 Å². The molecule has 0 spiro atoms. The number of rotatable bonds is 5. The molecule has 0 atom stereocenters. The van der Waals surface area contributed by atoms with Crippen molar-refractivity contribution in [2.75, 3.05) is 12.4 Å². The molecule has 8 heteroatoms. The largest absolute Gasteiger partial charge is 0.478 e. The summed E-state index contributed by atoms with van der Waals surface area (Å²) in [6.07, 6.45) is 1.08. The Kier molecular flexibility index (Phi) is 5.75. The van der Waals surface area contributed by atoms with E-state index >= 15 is 0 Å². The van der Waals surface area contributed by atoms with E-state index in [0.29, 0.717) is 0 Å². The maximum absolute atomic E-state index is 11.4. The quantitative estimate of drug-likeness (QED) is 0.373. The zero-order chi connectivity index (χ0) is 16.2. The van der Waals surface area contributed by atoms with E-state index < -0.39 is 17.7 Å². The van der Waals surface area contributed by atoms with Crippen molar-refractivity contribution in [2.24, 2.45) is 0 Å². The number of carboxylic acid groups (broad SMARTS) is 1. The van der Waals surface area contributed by atoms with E-state index in [1.54, 1.807) is 0 Å². The number of ether oxygens (including phenoxy) is 1. The molecule has 0 saturated carbocycles. The first-order valence-electron chi connectivity index (χ1n) is 5.56. The van der Waals surface area contributed by atoms with E-state index in [0.717, 1.165) is 13.3 Å². The van der Waals surface area contributed by atoms with Gasteiger partial charge in [0, 0.05) is 11.2 Å². The first-order chi connectivity index (χ1) is 9.77. The highest BCUT2D eigenvalue weighted by molar-refractivity contribution is 6.38. The minimum atomic E-state index is -1.26. The lowest BCUT2D eigenvalue weighted by atomic mass is 10.2. The number of anilines is 1. The molecule has 21 heavy (non-hydrogen) atoms. The minimum absolute atomic E-state index is 0.101. The lowest BCUT2D eigenvalue weighted by Crippen LogP contribution is -2.13. The number of benzene rings is 1. The molecule has 0 aromatic heterocycles. The molecule has 112 valence electrons. The second-order valence-corrected chi connectivity index (χ2v) is 4.68. The zero-order valence-corrected chi connectivity index (χ0v) is 12.6. The van der Waals surface area contributed by atoms with E-state index in [1.807, 2.05) is 0 Å². The smallest absolute Gasteiger partial charge is 0.342 e. The van der Waals surface area contributed by atoms with Crippen LogP contribution < -0.4 is 5.32 Å². The molecular weight excluding hydrogens is 321 g/mol. The number of hydrogen-bond acceptors (Lipinski definition) is 5. The number of Topliss-reactive ketones (excluding diaryl/α,β-unsaturated/α-hetero) is 1. The summed E-state index contributed by atoms with van der Waals surface area (Å²) in [4.78, 5) is 33.7. The molecule has 0 unspecified atom stereocenters. The summed E-state index contributed by atoms with van der Waals surface area (Å²) in [5, 5.41) is 11.6. The highest BCUT2D eigenvalue weighted by atomic mass is 35.5. The lowest BCUT2D eigenvalue weighted by Gasteiger charge is -2.09. The van der Waals surface area contributed by atoms with Crippen LogP contribution in [0, 0.1) is 0 Å². The molecule has 1 aromatic carbocycles. The number of carbonyl (C=O) groups excluding carboxylic acids is 2. The van der Waals surface area contributed by atoms with Gasteiger partial charge in [0.2, 0.25) is 0 Å². The zero-order valence-electron chi connectivity index (χ0n) is 11.1. The molecule has 1 rings (SSSR count). The molecule has 0 radical (unpaired) electrons. The second-order valence-electron chi connectivity index (χ2n) is 3.87. The topological polar surface area (TPSA) is 92.7 Å². The lowest BCUT2D eigenvalue weighted by molar-refractivity contribution is -0.137. The van der Waals surface area contributed by atoms with Gasteiger partial charge in [-0.05, 0) is 19.1 Å². The monoisotopic (exact) mass is 331 g/mol. The normalized spacial score (nSPS) is 11.0. The van der Waals surface area contributed by atoms with Gasteiger partial charge in [0.1, 0.15) is 5.57 Å². The predicted octanol–water partition coefficient (Wildman–Crippen LogP) is 2.75. The van der Waals surface area contributed by atoms with Gasteiger partial charge in [-0.25, -0.2) is 9.59 Å². The predicted molar refractivity (Wildman–Crippen MR) is 77.8 cm³/mol. The number of nitrogens with one attached hydrogen (secondary N) is 1. The molecule has 0 saturated heterocycles. The van der Waals surface area contributed by atoms with Gasteiger partial charge in [-0.3, -0.25) is 4.79 Å². The molecule has 0 fully saturated rings. The summed E-state index contributed by atoms with van der Waals surface area (Å²) < 4.78 is 4.46. The molecule has 1 aromatic rings. The number of carboxylic acids is 1.